The number of aliphatic hydroxyl groups excluding tert-OH is 1. The summed E-state index contributed by atoms with van der Waals surface area (Å²) in [5.41, 5.74) is 1.78. The van der Waals surface area contributed by atoms with Gasteiger partial charge in [-0.1, -0.05) is 19.4 Å². The van der Waals surface area contributed by atoms with Crippen LogP contribution in [0.2, 0.25) is 0 Å². The molecule has 2 saturated heterocycles. The summed E-state index contributed by atoms with van der Waals surface area (Å²) in [6.45, 7) is 8.24. The molecule has 2 heterocycles. The predicted octanol–water partition coefficient (Wildman–Crippen LogP) is 3.91. The van der Waals surface area contributed by atoms with Crippen molar-refractivity contribution >= 4 is 5.78 Å². The van der Waals surface area contributed by atoms with Crippen molar-refractivity contribution in [2.45, 2.75) is 71.3 Å². The van der Waals surface area contributed by atoms with Gasteiger partial charge in [0.05, 0.1) is 25.9 Å². The average Bonchev–Trinajstić information content (AvgIpc) is 3.37. The van der Waals surface area contributed by atoms with Gasteiger partial charge in [0.15, 0.2) is 5.78 Å². The molecule has 0 bridgehead atoms. The molecule has 1 N–H and O–H groups in total. The number of ether oxygens (including phenoxy) is 2. The van der Waals surface area contributed by atoms with Crippen molar-refractivity contribution in [1.82, 2.24) is 0 Å². The first-order valence-electron chi connectivity index (χ1n) is 11.9. The Bertz CT molecular complexity index is 761. The fourth-order valence-corrected chi connectivity index (χ4v) is 9.72. The maximum Gasteiger partial charge on any atom is 0.155 e. The maximum absolute atomic E-state index is 12.1. The normalized spacial score (nSPS) is 56.4. The van der Waals surface area contributed by atoms with Crippen LogP contribution in [-0.2, 0) is 14.3 Å². The van der Waals surface area contributed by atoms with Crippen molar-refractivity contribution in [3.05, 3.63) is 11.6 Å². The highest BCUT2D eigenvalue weighted by Gasteiger charge is 2.73. The zero-order valence-corrected chi connectivity index (χ0v) is 18.0. The van der Waals surface area contributed by atoms with Gasteiger partial charge in [-0.05, 0) is 79.6 Å². The third-order valence-corrected chi connectivity index (χ3v) is 11.1. The van der Waals surface area contributed by atoms with Gasteiger partial charge in [-0.3, -0.25) is 4.79 Å². The van der Waals surface area contributed by atoms with Crippen LogP contribution in [0.25, 0.3) is 0 Å². The number of aliphatic hydroxyl groups is 1. The van der Waals surface area contributed by atoms with Crippen LogP contribution >= 0.6 is 0 Å². The average molecular weight is 401 g/mol. The molecule has 3 saturated carbocycles. The standard InChI is InChI=1S/C25H36O4/c1-22-7-5-17(26)11-16(22)3-4-18-19-6-8-25(23(19,2)12-20(27)21(18)22)15-29-14-24(25)9-10-28-13-24/h11,18-21,27H,3-10,12-15H2,1-2H3/t18?,19?,20?,21?,22-,23-,24?,25+/m0/s1. The molecule has 0 aromatic rings. The highest BCUT2D eigenvalue weighted by atomic mass is 16.5. The summed E-state index contributed by atoms with van der Waals surface area (Å²) in [7, 11) is 0. The first-order chi connectivity index (χ1) is 13.9. The predicted molar refractivity (Wildman–Crippen MR) is 109 cm³/mol. The summed E-state index contributed by atoms with van der Waals surface area (Å²) in [5, 5.41) is 11.7. The molecule has 2 aliphatic heterocycles. The van der Waals surface area contributed by atoms with E-state index in [9.17, 15) is 9.90 Å². The summed E-state index contributed by atoms with van der Waals surface area (Å²) in [6.07, 6.45) is 9.91. The first-order valence-corrected chi connectivity index (χ1v) is 11.9. The van der Waals surface area contributed by atoms with Crippen molar-refractivity contribution in [3.63, 3.8) is 0 Å². The third-order valence-electron chi connectivity index (χ3n) is 11.1. The molecule has 4 nitrogen and oxygen atoms in total. The number of carbonyl (C=O) groups excluding carboxylic acids is 1. The van der Waals surface area contributed by atoms with E-state index < -0.39 is 0 Å². The van der Waals surface area contributed by atoms with Crippen molar-refractivity contribution < 1.29 is 19.4 Å². The first kappa shape index (κ1) is 19.0. The third kappa shape index (κ3) is 2.14. The van der Waals surface area contributed by atoms with Crippen LogP contribution < -0.4 is 0 Å². The lowest BCUT2D eigenvalue weighted by Crippen LogP contribution is -2.61. The second-order valence-electron chi connectivity index (χ2n) is 11.8. The summed E-state index contributed by atoms with van der Waals surface area (Å²) < 4.78 is 12.2. The van der Waals surface area contributed by atoms with E-state index in [1.165, 1.54) is 18.4 Å². The number of allylic oxidation sites excluding steroid dienone is 1. The molecule has 29 heavy (non-hydrogen) atoms. The van der Waals surface area contributed by atoms with Gasteiger partial charge in [0, 0.05) is 23.9 Å². The molecule has 0 radical (unpaired) electrons. The fraction of sp³-hybridized carbons (Fsp3) is 0.880. The number of hydrogen-bond acceptors (Lipinski definition) is 4. The van der Waals surface area contributed by atoms with Crippen molar-refractivity contribution in [3.8, 4) is 0 Å². The summed E-state index contributed by atoms with van der Waals surface area (Å²) in [6, 6.07) is 0. The van der Waals surface area contributed by atoms with Gasteiger partial charge in [-0.15, -0.1) is 0 Å². The summed E-state index contributed by atoms with van der Waals surface area (Å²) >= 11 is 0. The van der Waals surface area contributed by atoms with Gasteiger partial charge in [-0.2, -0.15) is 0 Å². The highest BCUT2D eigenvalue weighted by molar-refractivity contribution is 5.91. The molecule has 160 valence electrons. The van der Waals surface area contributed by atoms with Gasteiger partial charge < -0.3 is 14.6 Å². The molecular weight excluding hydrogens is 364 g/mol. The molecule has 4 heteroatoms. The van der Waals surface area contributed by atoms with E-state index in [0.29, 0.717) is 24.2 Å². The van der Waals surface area contributed by atoms with Gasteiger partial charge in [-0.25, -0.2) is 0 Å². The van der Waals surface area contributed by atoms with Gasteiger partial charge in [0.2, 0.25) is 0 Å². The van der Waals surface area contributed by atoms with Crippen LogP contribution in [0.1, 0.15) is 65.2 Å². The summed E-state index contributed by atoms with van der Waals surface area (Å²) in [4.78, 5) is 12.1. The minimum Gasteiger partial charge on any atom is -0.393 e. The van der Waals surface area contributed by atoms with E-state index in [2.05, 4.69) is 13.8 Å². The van der Waals surface area contributed by atoms with E-state index in [4.69, 9.17) is 9.47 Å². The van der Waals surface area contributed by atoms with Gasteiger partial charge in [0.25, 0.3) is 0 Å². The van der Waals surface area contributed by atoms with Crippen LogP contribution in [0, 0.1) is 39.4 Å². The zero-order valence-electron chi connectivity index (χ0n) is 18.0. The fourth-order valence-electron chi connectivity index (χ4n) is 9.72. The number of rotatable bonds is 0. The van der Waals surface area contributed by atoms with Crippen molar-refractivity contribution in [2.24, 2.45) is 39.4 Å². The lowest BCUT2D eigenvalue weighted by atomic mass is 9.42. The summed E-state index contributed by atoms with van der Waals surface area (Å²) in [5.74, 6) is 1.82. The number of fused-ring (bicyclic) bond motifs is 7. The monoisotopic (exact) mass is 400 g/mol. The Morgan fingerprint density at radius 2 is 1.86 bits per heavy atom. The lowest BCUT2D eigenvalue weighted by Gasteiger charge is -2.62. The SMILES string of the molecule is C[C@]12CCC(=O)C=C1CCC1C2C(O)C[C@@]2(C)C1CC[C@@]21COCC12CCOC2. The Hall–Kier alpha value is -0.710. The minimum absolute atomic E-state index is 0.00760. The van der Waals surface area contributed by atoms with Crippen molar-refractivity contribution in [1.29, 1.82) is 0 Å². The Labute approximate surface area is 174 Å². The Kier molecular flexibility index (Phi) is 3.90. The topological polar surface area (TPSA) is 55.8 Å². The maximum atomic E-state index is 12.1. The van der Waals surface area contributed by atoms with E-state index in [0.717, 1.165) is 58.5 Å². The second-order valence-corrected chi connectivity index (χ2v) is 11.8. The van der Waals surface area contributed by atoms with Crippen LogP contribution in [0.5, 0.6) is 0 Å². The highest BCUT2D eigenvalue weighted by Crippen LogP contribution is 2.75. The molecule has 5 fully saturated rings. The van der Waals surface area contributed by atoms with Crippen LogP contribution in [-0.4, -0.2) is 43.4 Å². The molecule has 6 aliphatic rings. The van der Waals surface area contributed by atoms with E-state index in [1.54, 1.807) is 0 Å². The number of hydrogen-bond donors (Lipinski definition) is 1. The molecular formula is C25H36O4. The Balaban J connectivity index is 1.41. The Morgan fingerprint density at radius 1 is 1.03 bits per heavy atom. The molecule has 2 spiro atoms. The van der Waals surface area contributed by atoms with Crippen molar-refractivity contribution in [2.75, 3.05) is 26.4 Å². The molecule has 0 aromatic carbocycles. The minimum atomic E-state index is -0.280. The van der Waals surface area contributed by atoms with E-state index in [-0.39, 0.29) is 33.5 Å². The molecule has 5 unspecified atom stereocenters. The quantitative estimate of drug-likeness (QED) is 0.670. The molecule has 6 rings (SSSR count). The van der Waals surface area contributed by atoms with Gasteiger partial charge in [0.1, 0.15) is 0 Å². The zero-order chi connectivity index (χ0) is 20.1. The Morgan fingerprint density at radius 3 is 2.66 bits per heavy atom. The van der Waals surface area contributed by atoms with Crippen LogP contribution in [0.3, 0.4) is 0 Å². The van der Waals surface area contributed by atoms with E-state index >= 15 is 0 Å². The van der Waals surface area contributed by atoms with Crippen LogP contribution in [0.15, 0.2) is 11.6 Å². The molecule has 4 aliphatic carbocycles. The number of carbonyl (C=O) groups is 1. The second kappa shape index (κ2) is 5.95. The lowest BCUT2D eigenvalue weighted by molar-refractivity contribution is -0.164. The smallest absolute Gasteiger partial charge is 0.155 e. The number of ketones is 1. The van der Waals surface area contributed by atoms with Gasteiger partial charge >= 0.3 is 0 Å². The van der Waals surface area contributed by atoms with E-state index in [1.807, 2.05) is 6.08 Å². The molecule has 8 atom stereocenters. The molecule has 0 aromatic heterocycles. The largest absolute Gasteiger partial charge is 0.393 e. The van der Waals surface area contributed by atoms with Crippen LogP contribution in [0.4, 0.5) is 0 Å². The molecule has 0 amide bonds.